The summed E-state index contributed by atoms with van der Waals surface area (Å²) in [6.07, 6.45) is -0.0461. The van der Waals surface area contributed by atoms with Crippen molar-refractivity contribution in [1.29, 1.82) is 0 Å². The highest BCUT2D eigenvalue weighted by molar-refractivity contribution is 6.30. The van der Waals surface area contributed by atoms with Gasteiger partial charge in [0.15, 0.2) is 11.9 Å². The lowest BCUT2D eigenvalue weighted by Gasteiger charge is -2.14. The normalized spacial score (nSPS) is 11.2. The summed E-state index contributed by atoms with van der Waals surface area (Å²) in [5.41, 5.74) is -0.266. The van der Waals surface area contributed by atoms with Crippen LogP contribution in [0.5, 0.6) is 5.75 Å². The highest BCUT2D eigenvalue weighted by Crippen LogP contribution is 2.30. The van der Waals surface area contributed by atoms with Gasteiger partial charge in [-0.25, -0.2) is 0 Å². The van der Waals surface area contributed by atoms with Crippen LogP contribution in [0.1, 0.15) is 13.3 Å². The monoisotopic (exact) mass is 351 g/mol. The maximum atomic E-state index is 11.8. The van der Waals surface area contributed by atoms with Crippen molar-refractivity contribution in [3.63, 3.8) is 0 Å². The number of carbonyl (C=O) groups is 1. The van der Waals surface area contributed by atoms with Gasteiger partial charge in [0.2, 0.25) is 0 Å². The van der Waals surface area contributed by atoms with E-state index in [9.17, 15) is 14.9 Å². The Balaban J connectivity index is 0.00000441. The number of benzene rings is 1. The molecule has 1 rings (SSSR count). The first kappa shape index (κ1) is 20.4. The Bertz CT molecular complexity index is 514. The second kappa shape index (κ2) is 10.2. The molecule has 0 aliphatic heterocycles. The molecule has 1 amide bonds. The predicted octanol–water partition coefficient (Wildman–Crippen LogP) is 2.16. The zero-order valence-corrected chi connectivity index (χ0v) is 13.9. The van der Waals surface area contributed by atoms with Crippen molar-refractivity contribution in [3.05, 3.63) is 33.3 Å². The van der Waals surface area contributed by atoms with Gasteiger partial charge >= 0.3 is 5.69 Å². The summed E-state index contributed by atoms with van der Waals surface area (Å²) in [5.74, 6) is -0.308. The lowest BCUT2D eigenvalue weighted by Crippen LogP contribution is -2.37. The van der Waals surface area contributed by atoms with Crippen LogP contribution in [0.3, 0.4) is 0 Å². The van der Waals surface area contributed by atoms with Crippen molar-refractivity contribution in [2.24, 2.45) is 0 Å². The molecule has 0 fully saturated rings. The Morgan fingerprint density at radius 3 is 2.73 bits per heavy atom. The third-order valence-corrected chi connectivity index (χ3v) is 2.93. The number of nitro groups is 1. The van der Waals surface area contributed by atoms with Crippen LogP contribution in [0.2, 0.25) is 5.02 Å². The SMILES string of the molecule is CNCCCNC(=O)C(C)Oc1ccc(Cl)cc1[N+](=O)[O-].Cl. The molecule has 1 unspecified atom stereocenters. The van der Waals surface area contributed by atoms with Crippen LogP contribution >= 0.6 is 24.0 Å². The van der Waals surface area contributed by atoms with Crippen LogP contribution in [-0.4, -0.2) is 37.1 Å². The van der Waals surface area contributed by atoms with Crippen LogP contribution < -0.4 is 15.4 Å². The lowest BCUT2D eigenvalue weighted by atomic mass is 10.3. The van der Waals surface area contributed by atoms with Crippen molar-refractivity contribution >= 4 is 35.6 Å². The first-order valence-electron chi connectivity index (χ1n) is 6.48. The molecular formula is C13H19Cl2N3O4. The van der Waals surface area contributed by atoms with E-state index in [-0.39, 0.29) is 34.8 Å². The minimum atomic E-state index is -0.834. The molecule has 2 N–H and O–H groups in total. The fourth-order valence-corrected chi connectivity index (χ4v) is 1.76. The molecule has 0 saturated carbocycles. The zero-order chi connectivity index (χ0) is 15.8. The summed E-state index contributed by atoms with van der Waals surface area (Å²) < 4.78 is 5.35. The lowest BCUT2D eigenvalue weighted by molar-refractivity contribution is -0.386. The van der Waals surface area contributed by atoms with Crippen LogP contribution in [-0.2, 0) is 4.79 Å². The second-order valence-corrected chi connectivity index (χ2v) is 4.81. The molecule has 22 heavy (non-hydrogen) atoms. The Kier molecular flexibility index (Phi) is 9.48. The summed E-state index contributed by atoms with van der Waals surface area (Å²) in [4.78, 5) is 22.1. The number of hydrogen-bond acceptors (Lipinski definition) is 5. The summed E-state index contributed by atoms with van der Waals surface area (Å²) in [7, 11) is 1.83. The summed E-state index contributed by atoms with van der Waals surface area (Å²) in [5, 5.41) is 16.8. The molecule has 9 heteroatoms. The van der Waals surface area contributed by atoms with Crippen LogP contribution in [0.15, 0.2) is 18.2 Å². The number of halogens is 2. The Morgan fingerprint density at radius 1 is 1.45 bits per heavy atom. The number of rotatable bonds is 8. The topological polar surface area (TPSA) is 93.5 Å². The van der Waals surface area contributed by atoms with Crippen LogP contribution in [0.4, 0.5) is 5.69 Å². The van der Waals surface area contributed by atoms with E-state index in [0.717, 1.165) is 13.0 Å². The van der Waals surface area contributed by atoms with Gasteiger partial charge in [-0.3, -0.25) is 14.9 Å². The van der Waals surface area contributed by atoms with Crippen molar-refractivity contribution in [1.82, 2.24) is 10.6 Å². The fourth-order valence-electron chi connectivity index (χ4n) is 1.60. The third-order valence-electron chi connectivity index (χ3n) is 2.69. The number of ether oxygens (including phenoxy) is 1. The molecule has 124 valence electrons. The molecular weight excluding hydrogens is 333 g/mol. The summed E-state index contributed by atoms with van der Waals surface area (Å²) in [6, 6.07) is 4.04. The van der Waals surface area contributed by atoms with E-state index in [2.05, 4.69) is 10.6 Å². The van der Waals surface area contributed by atoms with E-state index < -0.39 is 11.0 Å². The second-order valence-electron chi connectivity index (χ2n) is 4.38. The van der Waals surface area contributed by atoms with E-state index >= 15 is 0 Å². The average molecular weight is 352 g/mol. The van der Waals surface area contributed by atoms with Gasteiger partial charge in [0.1, 0.15) is 0 Å². The largest absolute Gasteiger partial charge is 0.474 e. The summed E-state index contributed by atoms with van der Waals surface area (Å²) >= 11 is 5.71. The molecule has 0 aliphatic rings. The first-order valence-corrected chi connectivity index (χ1v) is 6.86. The molecule has 1 aromatic rings. The minimum Gasteiger partial charge on any atom is -0.474 e. The predicted molar refractivity (Wildman–Crippen MR) is 87.0 cm³/mol. The van der Waals surface area contributed by atoms with E-state index in [4.69, 9.17) is 16.3 Å². The molecule has 0 spiro atoms. The van der Waals surface area contributed by atoms with E-state index in [1.807, 2.05) is 7.05 Å². The van der Waals surface area contributed by atoms with Gasteiger partial charge < -0.3 is 15.4 Å². The summed E-state index contributed by atoms with van der Waals surface area (Å²) in [6.45, 7) is 2.83. The molecule has 7 nitrogen and oxygen atoms in total. The van der Waals surface area contributed by atoms with Gasteiger partial charge in [0.05, 0.1) is 4.92 Å². The van der Waals surface area contributed by atoms with Crippen molar-refractivity contribution in [2.45, 2.75) is 19.4 Å². The smallest absolute Gasteiger partial charge is 0.312 e. The molecule has 0 aromatic heterocycles. The quantitative estimate of drug-likeness (QED) is 0.425. The number of hydrogen-bond donors (Lipinski definition) is 2. The Labute approximate surface area is 139 Å². The Hall–Kier alpha value is -1.57. The third kappa shape index (κ3) is 6.46. The van der Waals surface area contributed by atoms with Crippen LogP contribution in [0, 0.1) is 10.1 Å². The molecule has 1 atom stereocenters. The van der Waals surface area contributed by atoms with Gasteiger partial charge in [-0.2, -0.15) is 0 Å². The van der Waals surface area contributed by atoms with Crippen LogP contribution in [0.25, 0.3) is 0 Å². The molecule has 1 aromatic carbocycles. The van der Waals surface area contributed by atoms with Gasteiger partial charge in [-0.05, 0) is 39.1 Å². The van der Waals surface area contributed by atoms with Crippen molar-refractivity contribution in [2.75, 3.05) is 20.1 Å². The van der Waals surface area contributed by atoms with E-state index in [0.29, 0.717) is 6.54 Å². The highest BCUT2D eigenvalue weighted by atomic mass is 35.5. The van der Waals surface area contributed by atoms with Gasteiger partial charge in [0.25, 0.3) is 5.91 Å². The maximum absolute atomic E-state index is 11.8. The van der Waals surface area contributed by atoms with Gasteiger partial charge in [-0.1, -0.05) is 11.6 Å². The molecule has 0 heterocycles. The number of carbonyl (C=O) groups excluding carboxylic acids is 1. The molecule has 0 radical (unpaired) electrons. The standard InChI is InChI=1S/C13H18ClN3O4.ClH/c1-9(13(18)16-7-3-6-15-2)21-12-5-4-10(14)8-11(12)17(19)20;/h4-5,8-9,15H,3,6-7H2,1-2H3,(H,16,18);1H. The van der Waals surface area contributed by atoms with E-state index in [1.54, 1.807) is 0 Å². The van der Waals surface area contributed by atoms with Crippen molar-refractivity contribution in [3.8, 4) is 5.75 Å². The molecule has 0 saturated heterocycles. The number of amides is 1. The number of nitrogens with zero attached hydrogens (tertiary/aromatic N) is 1. The molecule has 0 bridgehead atoms. The average Bonchev–Trinajstić information content (AvgIpc) is 2.44. The highest BCUT2D eigenvalue weighted by Gasteiger charge is 2.21. The van der Waals surface area contributed by atoms with Crippen molar-refractivity contribution < 1.29 is 14.5 Å². The van der Waals surface area contributed by atoms with E-state index in [1.165, 1.54) is 25.1 Å². The Morgan fingerprint density at radius 2 is 2.14 bits per heavy atom. The number of nitrogens with one attached hydrogen (secondary N) is 2. The fraction of sp³-hybridized carbons (Fsp3) is 0.462. The van der Waals surface area contributed by atoms with Gasteiger partial charge in [0, 0.05) is 17.6 Å². The maximum Gasteiger partial charge on any atom is 0.312 e. The zero-order valence-electron chi connectivity index (χ0n) is 12.3. The first-order chi connectivity index (χ1) is 9.95. The minimum absolute atomic E-state index is 0. The van der Waals surface area contributed by atoms with Gasteiger partial charge in [-0.15, -0.1) is 12.4 Å². The molecule has 0 aliphatic carbocycles. The number of nitro benzene ring substituents is 1.